The molecule has 0 aromatic carbocycles. The molecule has 0 saturated carbocycles. The van der Waals surface area contributed by atoms with Crippen molar-refractivity contribution in [3.63, 3.8) is 0 Å². The number of alkyl halides is 1. The van der Waals surface area contributed by atoms with Gasteiger partial charge < -0.3 is 25.4 Å². The SMILES string of the molecule is COc1nc(N)nn2c([C@]3(F)CO[C@H](CO)[C@H]3O)cnc12. The van der Waals surface area contributed by atoms with Crippen molar-refractivity contribution in [2.75, 3.05) is 26.1 Å². The van der Waals surface area contributed by atoms with Crippen molar-refractivity contribution >= 4 is 11.6 Å². The van der Waals surface area contributed by atoms with Crippen LogP contribution in [0.3, 0.4) is 0 Å². The summed E-state index contributed by atoms with van der Waals surface area (Å²) in [5, 5.41) is 23.0. The zero-order chi connectivity index (χ0) is 15.2. The quantitative estimate of drug-likeness (QED) is 0.633. The summed E-state index contributed by atoms with van der Waals surface area (Å²) in [4.78, 5) is 7.83. The Balaban J connectivity index is 2.15. The van der Waals surface area contributed by atoms with Gasteiger partial charge in [0.1, 0.15) is 17.9 Å². The summed E-state index contributed by atoms with van der Waals surface area (Å²) in [5.74, 6) is -0.0428. The van der Waals surface area contributed by atoms with Crippen LogP contribution in [0.2, 0.25) is 0 Å². The van der Waals surface area contributed by atoms with Gasteiger partial charge >= 0.3 is 0 Å². The third kappa shape index (κ3) is 1.91. The van der Waals surface area contributed by atoms with Crippen molar-refractivity contribution in [1.29, 1.82) is 0 Å². The molecule has 3 heterocycles. The summed E-state index contributed by atoms with van der Waals surface area (Å²) in [6.07, 6.45) is -1.36. The number of methoxy groups -OCH3 is 1. The molecule has 3 rings (SSSR count). The molecule has 0 aliphatic carbocycles. The van der Waals surface area contributed by atoms with Gasteiger partial charge in [0.15, 0.2) is 0 Å². The van der Waals surface area contributed by atoms with Gasteiger partial charge in [0.25, 0.3) is 5.88 Å². The van der Waals surface area contributed by atoms with Gasteiger partial charge in [-0.15, -0.1) is 5.10 Å². The largest absolute Gasteiger partial charge is 0.478 e. The molecular formula is C11H14FN5O4. The van der Waals surface area contributed by atoms with Crippen LogP contribution in [0.5, 0.6) is 5.88 Å². The number of rotatable bonds is 3. The number of aromatic nitrogens is 4. The van der Waals surface area contributed by atoms with Crippen molar-refractivity contribution in [2.45, 2.75) is 17.9 Å². The minimum Gasteiger partial charge on any atom is -0.478 e. The molecular weight excluding hydrogens is 285 g/mol. The van der Waals surface area contributed by atoms with Crippen LogP contribution in [0.25, 0.3) is 5.65 Å². The second-order valence-corrected chi connectivity index (χ2v) is 4.70. The first-order valence-corrected chi connectivity index (χ1v) is 6.16. The molecule has 0 bridgehead atoms. The van der Waals surface area contributed by atoms with E-state index in [0.29, 0.717) is 0 Å². The predicted molar refractivity (Wildman–Crippen MR) is 67.4 cm³/mol. The van der Waals surface area contributed by atoms with Crippen LogP contribution in [-0.4, -0.2) is 62.3 Å². The Bertz CT molecular complexity index is 680. The molecule has 3 atom stereocenters. The van der Waals surface area contributed by atoms with E-state index in [4.69, 9.17) is 20.3 Å². The average Bonchev–Trinajstić information content (AvgIpc) is 3.01. The van der Waals surface area contributed by atoms with E-state index in [2.05, 4.69) is 15.1 Å². The van der Waals surface area contributed by atoms with Gasteiger partial charge in [-0.3, -0.25) is 0 Å². The topological polar surface area (TPSA) is 128 Å². The number of imidazole rings is 1. The van der Waals surface area contributed by atoms with Crippen molar-refractivity contribution in [1.82, 2.24) is 19.6 Å². The van der Waals surface area contributed by atoms with Crippen LogP contribution in [0, 0.1) is 0 Å². The monoisotopic (exact) mass is 299 g/mol. The summed E-state index contributed by atoms with van der Waals surface area (Å²) in [7, 11) is 1.37. The van der Waals surface area contributed by atoms with Crippen molar-refractivity contribution < 1.29 is 24.1 Å². The molecule has 1 fully saturated rings. The summed E-state index contributed by atoms with van der Waals surface area (Å²) in [6, 6.07) is 0. The zero-order valence-corrected chi connectivity index (χ0v) is 11.1. The van der Waals surface area contributed by atoms with Gasteiger partial charge in [-0.05, 0) is 0 Å². The maximum atomic E-state index is 15.1. The predicted octanol–water partition coefficient (Wildman–Crippen LogP) is -1.37. The molecule has 4 N–H and O–H groups in total. The molecule has 9 nitrogen and oxygen atoms in total. The summed E-state index contributed by atoms with van der Waals surface area (Å²) in [5.41, 5.74) is 3.40. The molecule has 0 spiro atoms. The number of anilines is 1. The maximum absolute atomic E-state index is 15.1. The second-order valence-electron chi connectivity index (χ2n) is 4.70. The molecule has 0 unspecified atom stereocenters. The number of ether oxygens (including phenoxy) is 2. The molecule has 10 heteroatoms. The second kappa shape index (κ2) is 4.76. The average molecular weight is 299 g/mol. The number of aliphatic hydroxyl groups excluding tert-OH is 2. The minimum absolute atomic E-state index is 0.0478. The van der Waals surface area contributed by atoms with E-state index in [-0.39, 0.29) is 23.2 Å². The number of hydrogen-bond donors (Lipinski definition) is 3. The van der Waals surface area contributed by atoms with Crippen molar-refractivity contribution in [2.24, 2.45) is 0 Å². The molecule has 114 valence electrons. The molecule has 1 saturated heterocycles. The van der Waals surface area contributed by atoms with Gasteiger partial charge in [-0.2, -0.15) is 4.98 Å². The van der Waals surface area contributed by atoms with Gasteiger partial charge in [-0.1, -0.05) is 0 Å². The van der Waals surface area contributed by atoms with Crippen LogP contribution in [-0.2, 0) is 10.4 Å². The Morgan fingerprint density at radius 3 is 3.05 bits per heavy atom. The highest BCUT2D eigenvalue weighted by atomic mass is 19.1. The van der Waals surface area contributed by atoms with Crippen LogP contribution in [0.4, 0.5) is 10.3 Å². The lowest BCUT2D eigenvalue weighted by Crippen LogP contribution is -2.39. The molecule has 2 aromatic heterocycles. The first kappa shape index (κ1) is 13.9. The van der Waals surface area contributed by atoms with Crippen molar-refractivity contribution in [3.8, 4) is 5.88 Å². The number of nitrogens with zero attached hydrogens (tertiary/aromatic N) is 4. The van der Waals surface area contributed by atoms with E-state index < -0.39 is 31.1 Å². The molecule has 2 aromatic rings. The van der Waals surface area contributed by atoms with E-state index in [1.807, 2.05) is 0 Å². The Morgan fingerprint density at radius 1 is 1.67 bits per heavy atom. The number of halogens is 1. The third-order valence-electron chi connectivity index (χ3n) is 3.48. The van der Waals surface area contributed by atoms with Crippen LogP contribution >= 0.6 is 0 Å². The Labute approximate surface area is 118 Å². The maximum Gasteiger partial charge on any atom is 0.262 e. The highest BCUT2D eigenvalue weighted by Crippen LogP contribution is 2.38. The molecule has 0 radical (unpaired) electrons. The van der Waals surface area contributed by atoms with E-state index in [1.54, 1.807) is 0 Å². The first-order chi connectivity index (χ1) is 10.0. The van der Waals surface area contributed by atoms with Crippen molar-refractivity contribution in [3.05, 3.63) is 11.9 Å². The van der Waals surface area contributed by atoms with Gasteiger partial charge in [0.05, 0.1) is 26.5 Å². The van der Waals surface area contributed by atoms with Crippen LogP contribution in [0.15, 0.2) is 6.20 Å². The highest BCUT2D eigenvalue weighted by molar-refractivity contribution is 5.52. The fourth-order valence-electron chi connectivity index (χ4n) is 2.37. The van der Waals surface area contributed by atoms with E-state index in [9.17, 15) is 5.11 Å². The third-order valence-corrected chi connectivity index (χ3v) is 3.48. The normalized spacial score (nSPS) is 29.1. The van der Waals surface area contributed by atoms with Gasteiger partial charge in [-0.25, -0.2) is 13.9 Å². The summed E-state index contributed by atoms with van der Waals surface area (Å²) in [6.45, 7) is -0.927. The number of hydrogen-bond acceptors (Lipinski definition) is 8. The fourth-order valence-corrected chi connectivity index (χ4v) is 2.37. The Morgan fingerprint density at radius 2 is 2.43 bits per heavy atom. The standard InChI is InChI=1S/C11H14FN5O4/c1-20-9-8-14-2-6(17(8)16-10(13)15-9)11(12)4-21-5(3-18)7(11)19/h2,5,7,18-19H,3-4H2,1H3,(H2,13,16)/t5-,7-,11-/m1/s1. The van der Waals surface area contributed by atoms with E-state index in [0.717, 1.165) is 4.52 Å². The number of aliphatic hydroxyl groups is 2. The fraction of sp³-hybridized carbons (Fsp3) is 0.545. The Hall–Kier alpha value is -2.04. The molecule has 1 aliphatic rings. The van der Waals surface area contributed by atoms with Gasteiger partial charge in [0, 0.05) is 0 Å². The lowest BCUT2D eigenvalue weighted by Gasteiger charge is -2.22. The number of nitrogens with two attached hydrogens (primary N) is 1. The molecule has 21 heavy (non-hydrogen) atoms. The minimum atomic E-state index is -2.27. The zero-order valence-electron chi connectivity index (χ0n) is 11.1. The van der Waals surface area contributed by atoms with Crippen LogP contribution in [0.1, 0.15) is 5.69 Å². The smallest absolute Gasteiger partial charge is 0.262 e. The van der Waals surface area contributed by atoms with E-state index >= 15 is 4.39 Å². The van der Waals surface area contributed by atoms with Crippen LogP contribution < -0.4 is 10.5 Å². The number of fused-ring (bicyclic) bond motifs is 1. The lowest BCUT2D eigenvalue weighted by molar-refractivity contribution is -0.0168. The first-order valence-electron chi connectivity index (χ1n) is 6.16. The lowest BCUT2D eigenvalue weighted by atomic mass is 9.95. The van der Waals surface area contributed by atoms with E-state index in [1.165, 1.54) is 13.3 Å². The molecule has 0 amide bonds. The summed E-state index contributed by atoms with van der Waals surface area (Å²) >= 11 is 0. The Kier molecular flexibility index (Phi) is 3.15. The molecule has 1 aliphatic heterocycles. The number of nitrogen functional groups attached to an aromatic ring is 1. The highest BCUT2D eigenvalue weighted by Gasteiger charge is 2.53. The summed E-state index contributed by atoms with van der Waals surface area (Å²) < 4.78 is 26.3. The van der Waals surface area contributed by atoms with Gasteiger partial charge in [0.2, 0.25) is 17.3 Å².